The Balaban J connectivity index is 1.64. The van der Waals surface area contributed by atoms with Crippen LogP contribution < -0.4 is 11.1 Å². The van der Waals surface area contributed by atoms with Crippen molar-refractivity contribution in [3.05, 3.63) is 53.6 Å². The Labute approximate surface area is 133 Å². The monoisotopic (exact) mass is 311 g/mol. The number of para-hydroxylation sites is 1. The number of carbonyl (C=O) groups is 1. The van der Waals surface area contributed by atoms with Gasteiger partial charge in [0.2, 0.25) is 5.91 Å². The van der Waals surface area contributed by atoms with Crippen LogP contribution >= 0.6 is 11.3 Å². The fourth-order valence-electron chi connectivity index (χ4n) is 2.28. The van der Waals surface area contributed by atoms with Crippen LogP contribution in [0.1, 0.15) is 17.5 Å². The molecular weight excluding hydrogens is 294 g/mol. The fraction of sp³-hybridized carbons (Fsp3) is 0.176. The molecule has 0 fully saturated rings. The Morgan fingerprint density at radius 1 is 1.27 bits per heavy atom. The lowest BCUT2D eigenvalue weighted by Crippen LogP contribution is -2.12. The second kappa shape index (κ2) is 6.15. The highest BCUT2D eigenvalue weighted by molar-refractivity contribution is 7.22. The number of hydrogen-bond acceptors (Lipinski definition) is 4. The molecule has 0 saturated carbocycles. The molecule has 0 saturated heterocycles. The van der Waals surface area contributed by atoms with E-state index in [1.54, 1.807) is 0 Å². The maximum Gasteiger partial charge on any atom is 0.226 e. The smallest absolute Gasteiger partial charge is 0.226 e. The molecule has 0 aliphatic heterocycles. The highest BCUT2D eigenvalue weighted by Crippen LogP contribution is 2.26. The summed E-state index contributed by atoms with van der Waals surface area (Å²) in [5, 5.41) is 3.51. The number of carbonyl (C=O) groups excluding carboxylic acids is 1. The number of nitrogen functional groups attached to an aromatic ring is 1. The van der Waals surface area contributed by atoms with Gasteiger partial charge in [-0.05, 0) is 42.7 Å². The van der Waals surface area contributed by atoms with Crippen molar-refractivity contribution in [3.8, 4) is 0 Å². The van der Waals surface area contributed by atoms with E-state index < -0.39 is 0 Å². The SMILES string of the molecule is Cc1ccc2nc(NC(=O)CCc3ccccc3N)sc2c1. The van der Waals surface area contributed by atoms with E-state index in [2.05, 4.69) is 16.4 Å². The van der Waals surface area contributed by atoms with Crippen LogP contribution in [0.3, 0.4) is 0 Å². The van der Waals surface area contributed by atoms with E-state index in [-0.39, 0.29) is 5.91 Å². The molecule has 0 bridgehead atoms. The Morgan fingerprint density at radius 3 is 2.91 bits per heavy atom. The summed E-state index contributed by atoms with van der Waals surface area (Å²) in [6, 6.07) is 13.7. The third kappa shape index (κ3) is 3.26. The summed E-state index contributed by atoms with van der Waals surface area (Å²) in [4.78, 5) is 16.5. The average Bonchev–Trinajstić information content (AvgIpc) is 2.87. The van der Waals surface area contributed by atoms with Crippen LogP contribution in [-0.4, -0.2) is 10.9 Å². The Bertz CT molecular complexity index is 826. The van der Waals surface area contributed by atoms with Gasteiger partial charge >= 0.3 is 0 Å². The van der Waals surface area contributed by atoms with Gasteiger partial charge in [0.25, 0.3) is 0 Å². The second-order valence-corrected chi connectivity index (χ2v) is 6.27. The lowest BCUT2D eigenvalue weighted by molar-refractivity contribution is -0.116. The maximum atomic E-state index is 12.1. The number of aryl methyl sites for hydroxylation is 2. The number of nitrogens with zero attached hydrogens (tertiary/aromatic N) is 1. The largest absolute Gasteiger partial charge is 0.399 e. The molecule has 1 heterocycles. The molecule has 2 aromatic carbocycles. The van der Waals surface area contributed by atoms with Crippen LogP contribution in [0.15, 0.2) is 42.5 Å². The van der Waals surface area contributed by atoms with Gasteiger partial charge in [0, 0.05) is 12.1 Å². The molecule has 1 amide bonds. The molecule has 4 nitrogen and oxygen atoms in total. The van der Waals surface area contributed by atoms with E-state index in [4.69, 9.17) is 5.73 Å². The molecule has 3 rings (SSSR count). The zero-order valence-corrected chi connectivity index (χ0v) is 13.1. The first-order valence-corrected chi connectivity index (χ1v) is 7.94. The van der Waals surface area contributed by atoms with Gasteiger partial charge in [0.1, 0.15) is 0 Å². The number of nitrogens with one attached hydrogen (secondary N) is 1. The van der Waals surface area contributed by atoms with Gasteiger partial charge in [-0.1, -0.05) is 35.6 Å². The number of rotatable bonds is 4. The van der Waals surface area contributed by atoms with Crippen LogP contribution in [0.25, 0.3) is 10.2 Å². The van der Waals surface area contributed by atoms with Crippen molar-refractivity contribution in [1.29, 1.82) is 0 Å². The van der Waals surface area contributed by atoms with Crippen LogP contribution in [0.2, 0.25) is 0 Å². The number of anilines is 2. The molecule has 0 aliphatic rings. The van der Waals surface area contributed by atoms with Gasteiger partial charge < -0.3 is 11.1 Å². The third-order valence-electron chi connectivity index (χ3n) is 3.47. The van der Waals surface area contributed by atoms with Gasteiger partial charge in [-0.3, -0.25) is 4.79 Å². The number of thiazole rings is 1. The van der Waals surface area contributed by atoms with Crippen molar-refractivity contribution < 1.29 is 4.79 Å². The van der Waals surface area contributed by atoms with E-state index in [0.717, 1.165) is 21.5 Å². The molecule has 0 spiro atoms. The zero-order valence-electron chi connectivity index (χ0n) is 12.3. The van der Waals surface area contributed by atoms with Crippen LogP contribution in [-0.2, 0) is 11.2 Å². The molecule has 22 heavy (non-hydrogen) atoms. The molecule has 5 heteroatoms. The van der Waals surface area contributed by atoms with Gasteiger partial charge in [-0.25, -0.2) is 4.98 Å². The first kappa shape index (κ1) is 14.5. The van der Waals surface area contributed by atoms with Crippen LogP contribution in [0.4, 0.5) is 10.8 Å². The van der Waals surface area contributed by atoms with Crippen molar-refractivity contribution in [2.45, 2.75) is 19.8 Å². The Morgan fingerprint density at radius 2 is 2.09 bits per heavy atom. The molecule has 0 radical (unpaired) electrons. The Kier molecular flexibility index (Phi) is 4.06. The summed E-state index contributed by atoms with van der Waals surface area (Å²) >= 11 is 1.50. The van der Waals surface area contributed by atoms with E-state index in [9.17, 15) is 4.79 Å². The van der Waals surface area contributed by atoms with E-state index in [1.165, 1.54) is 16.9 Å². The quantitative estimate of drug-likeness (QED) is 0.721. The number of aromatic nitrogens is 1. The van der Waals surface area contributed by atoms with Gasteiger partial charge in [0.05, 0.1) is 10.2 Å². The average molecular weight is 311 g/mol. The van der Waals surface area contributed by atoms with Gasteiger partial charge in [-0.15, -0.1) is 0 Å². The second-order valence-electron chi connectivity index (χ2n) is 5.24. The zero-order chi connectivity index (χ0) is 15.5. The summed E-state index contributed by atoms with van der Waals surface area (Å²) in [5.41, 5.74) is 9.71. The highest BCUT2D eigenvalue weighted by atomic mass is 32.1. The van der Waals surface area contributed by atoms with Crippen molar-refractivity contribution >= 4 is 38.3 Å². The molecule has 0 aliphatic carbocycles. The molecule has 0 unspecified atom stereocenters. The summed E-state index contributed by atoms with van der Waals surface area (Å²) in [7, 11) is 0. The van der Waals surface area contributed by atoms with Crippen molar-refractivity contribution in [1.82, 2.24) is 4.98 Å². The summed E-state index contributed by atoms with van der Waals surface area (Å²) in [5.74, 6) is -0.0426. The molecular formula is C17H17N3OS. The molecule has 3 aromatic rings. The molecule has 1 aromatic heterocycles. The number of amides is 1. The van der Waals surface area contributed by atoms with E-state index in [0.29, 0.717) is 18.0 Å². The van der Waals surface area contributed by atoms with E-state index in [1.807, 2.05) is 43.3 Å². The van der Waals surface area contributed by atoms with Gasteiger partial charge in [0.15, 0.2) is 5.13 Å². The number of fused-ring (bicyclic) bond motifs is 1. The maximum absolute atomic E-state index is 12.1. The minimum atomic E-state index is -0.0426. The standard InChI is InChI=1S/C17H17N3OS/c1-11-6-8-14-15(10-11)22-17(19-14)20-16(21)9-7-12-4-2-3-5-13(12)18/h2-6,8,10H,7,9,18H2,1H3,(H,19,20,21). The van der Waals surface area contributed by atoms with Crippen LogP contribution in [0, 0.1) is 6.92 Å². The predicted molar refractivity (Wildman–Crippen MR) is 92.2 cm³/mol. The summed E-state index contributed by atoms with van der Waals surface area (Å²) in [6.07, 6.45) is 1.02. The first-order valence-electron chi connectivity index (χ1n) is 7.12. The lowest BCUT2D eigenvalue weighted by Gasteiger charge is -2.04. The third-order valence-corrected chi connectivity index (χ3v) is 4.40. The lowest BCUT2D eigenvalue weighted by atomic mass is 10.1. The van der Waals surface area contributed by atoms with E-state index >= 15 is 0 Å². The van der Waals surface area contributed by atoms with Crippen molar-refractivity contribution in [2.75, 3.05) is 11.1 Å². The van der Waals surface area contributed by atoms with Crippen molar-refractivity contribution in [2.24, 2.45) is 0 Å². The predicted octanol–water partition coefficient (Wildman–Crippen LogP) is 3.76. The number of hydrogen-bond donors (Lipinski definition) is 2. The highest BCUT2D eigenvalue weighted by Gasteiger charge is 2.09. The summed E-state index contributed by atoms with van der Waals surface area (Å²) in [6.45, 7) is 2.04. The summed E-state index contributed by atoms with van der Waals surface area (Å²) < 4.78 is 1.09. The van der Waals surface area contributed by atoms with Crippen molar-refractivity contribution in [3.63, 3.8) is 0 Å². The number of benzene rings is 2. The minimum absolute atomic E-state index is 0.0426. The minimum Gasteiger partial charge on any atom is -0.399 e. The first-order chi connectivity index (χ1) is 10.6. The molecule has 0 atom stereocenters. The van der Waals surface area contributed by atoms with Gasteiger partial charge in [-0.2, -0.15) is 0 Å². The fourth-order valence-corrected chi connectivity index (χ4v) is 3.26. The topological polar surface area (TPSA) is 68.0 Å². The number of nitrogens with two attached hydrogens (primary N) is 1. The molecule has 112 valence electrons. The molecule has 3 N–H and O–H groups in total. The van der Waals surface area contributed by atoms with Crippen LogP contribution in [0.5, 0.6) is 0 Å². The Hall–Kier alpha value is -2.40. The normalized spacial score (nSPS) is 10.8.